The molecular formula is C8H7FN4S. The Morgan fingerprint density at radius 3 is 2.93 bits per heavy atom. The van der Waals surface area contributed by atoms with E-state index in [1.54, 1.807) is 13.1 Å². The molecule has 0 aliphatic carbocycles. The van der Waals surface area contributed by atoms with Gasteiger partial charge >= 0.3 is 0 Å². The molecule has 0 radical (unpaired) electrons. The van der Waals surface area contributed by atoms with Gasteiger partial charge in [0.1, 0.15) is 5.69 Å². The van der Waals surface area contributed by atoms with Gasteiger partial charge in [-0.25, -0.2) is 4.39 Å². The van der Waals surface area contributed by atoms with Crippen LogP contribution in [0.1, 0.15) is 0 Å². The van der Waals surface area contributed by atoms with Crippen molar-refractivity contribution in [3.05, 3.63) is 24.1 Å². The van der Waals surface area contributed by atoms with Gasteiger partial charge in [0.05, 0.1) is 0 Å². The predicted octanol–water partition coefficient (Wildman–Crippen LogP) is 1.78. The average Bonchev–Trinajstić information content (AvgIpc) is 2.67. The summed E-state index contributed by atoms with van der Waals surface area (Å²) in [5.74, 6) is -0.383. The van der Waals surface area contributed by atoms with Crippen LogP contribution in [0.2, 0.25) is 0 Å². The summed E-state index contributed by atoms with van der Waals surface area (Å²) >= 11 is 1.26. The van der Waals surface area contributed by atoms with E-state index in [-0.39, 0.29) is 11.5 Å². The van der Waals surface area contributed by atoms with E-state index in [1.807, 2.05) is 0 Å². The zero-order chi connectivity index (χ0) is 9.97. The predicted molar refractivity (Wildman–Crippen MR) is 52.6 cm³/mol. The number of halogens is 1. The Hall–Kier alpha value is -1.56. The standard InChI is InChI=1S/C8H7FN4S/c1-10-8-13-12-7(14-8)6-5(9)3-2-4-11-6/h2-4H,1H3,(H,10,13). The lowest BCUT2D eigenvalue weighted by Gasteiger charge is -1.94. The van der Waals surface area contributed by atoms with Gasteiger partial charge in [0.25, 0.3) is 0 Å². The molecule has 2 aromatic rings. The van der Waals surface area contributed by atoms with Crippen molar-refractivity contribution in [2.24, 2.45) is 0 Å². The molecule has 0 atom stereocenters. The molecule has 4 nitrogen and oxygen atoms in total. The number of aromatic nitrogens is 3. The second kappa shape index (κ2) is 3.67. The highest BCUT2D eigenvalue weighted by molar-refractivity contribution is 7.18. The Morgan fingerprint density at radius 1 is 1.43 bits per heavy atom. The van der Waals surface area contributed by atoms with E-state index < -0.39 is 0 Å². The molecule has 1 N–H and O–H groups in total. The molecule has 0 unspecified atom stereocenters. The van der Waals surface area contributed by atoms with Gasteiger partial charge in [-0.2, -0.15) is 0 Å². The van der Waals surface area contributed by atoms with Gasteiger partial charge in [-0.1, -0.05) is 11.3 Å². The third-order valence-electron chi connectivity index (χ3n) is 1.60. The fourth-order valence-corrected chi connectivity index (χ4v) is 1.66. The summed E-state index contributed by atoms with van der Waals surface area (Å²) in [6.07, 6.45) is 1.53. The fraction of sp³-hybridized carbons (Fsp3) is 0.125. The van der Waals surface area contributed by atoms with Crippen molar-refractivity contribution < 1.29 is 4.39 Å². The number of rotatable bonds is 2. The Labute approximate surface area is 83.8 Å². The summed E-state index contributed by atoms with van der Waals surface area (Å²) in [6, 6.07) is 2.89. The van der Waals surface area contributed by atoms with Crippen molar-refractivity contribution in [2.45, 2.75) is 0 Å². The van der Waals surface area contributed by atoms with Crippen LogP contribution < -0.4 is 5.32 Å². The highest BCUT2D eigenvalue weighted by Gasteiger charge is 2.10. The number of anilines is 1. The smallest absolute Gasteiger partial charge is 0.205 e. The second-order valence-corrected chi connectivity index (χ2v) is 3.47. The molecule has 0 spiro atoms. The Morgan fingerprint density at radius 2 is 2.29 bits per heavy atom. The third kappa shape index (κ3) is 1.56. The normalized spacial score (nSPS) is 10.1. The van der Waals surface area contributed by atoms with Gasteiger partial charge in [-0.15, -0.1) is 10.2 Å². The van der Waals surface area contributed by atoms with Gasteiger partial charge in [-0.3, -0.25) is 4.98 Å². The highest BCUT2D eigenvalue weighted by Crippen LogP contribution is 2.25. The topological polar surface area (TPSA) is 50.7 Å². The number of hydrogen-bond acceptors (Lipinski definition) is 5. The summed E-state index contributed by atoms with van der Waals surface area (Å²) in [5.41, 5.74) is 0.242. The van der Waals surface area contributed by atoms with Gasteiger partial charge < -0.3 is 5.32 Å². The maximum atomic E-state index is 13.2. The summed E-state index contributed by atoms with van der Waals surface area (Å²) in [6.45, 7) is 0. The lowest BCUT2D eigenvalue weighted by molar-refractivity contribution is 0.625. The van der Waals surface area contributed by atoms with Crippen LogP contribution in [0.15, 0.2) is 18.3 Å². The van der Waals surface area contributed by atoms with Crippen LogP contribution in [0.5, 0.6) is 0 Å². The van der Waals surface area contributed by atoms with Crippen LogP contribution >= 0.6 is 11.3 Å². The molecule has 0 fully saturated rings. The zero-order valence-electron chi connectivity index (χ0n) is 7.36. The molecule has 72 valence electrons. The van der Waals surface area contributed by atoms with E-state index in [4.69, 9.17) is 0 Å². The van der Waals surface area contributed by atoms with E-state index in [1.165, 1.54) is 23.6 Å². The van der Waals surface area contributed by atoms with Crippen LogP contribution in [-0.2, 0) is 0 Å². The molecule has 2 heterocycles. The lowest BCUT2D eigenvalue weighted by atomic mass is 10.3. The fourth-order valence-electron chi connectivity index (χ4n) is 0.963. The number of hydrogen-bond donors (Lipinski definition) is 1. The van der Waals surface area contributed by atoms with Crippen molar-refractivity contribution in [1.82, 2.24) is 15.2 Å². The van der Waals surface area contributed by atoms with Gasteiger partial charge in [0.15, 0.2) is 10.8 Å². The molecule has 14 heavy (non-hydrogen) atoms. The molecule has 0 saturated carbocycles. The first kappa shape index (κ1) is 9.01. The molecular weight excluding hydrogens is 203 g/mol. The van der Waals surface area contributed by atoms with E-state index in [2.05, 4.69) is 20.5 Å². The SMILES string of the molecule is CNc1nnc(-c2ncccc2F)s1. The van der Waals surface area contributed by atoms with Crippen molar-refractivity contribution in [1.29, 1.82) is 0 Å². The van der Waals surface area contributed by atoms with Crippen LogP contribution in [0, 0.1) is 5.82 Å². The van der Waals surface area contributed by atoms with Crippen molar-refractivity contribution in [3.8, 4) is 10.7 Å². The van der Waals surface area contributed by atoms with E-state index >= 15 is 0 Å². The quantitative estimate of drug-likeness (QED) is 0.820. The first-order valence-electron chi connectivity index (χ1n) is 3.93. The zero-order valence-corrected chi connectivity index (χ0v) is 8.18. The average molecular weight is 210 g/mol. The van der Waals surface area contributed by atoms with E-state index in [9.17, 15) is 4.39 Å². The van der Waals surface area contributed by atoms with Crippen molar-refractivity contribution in [2.75, 3.05) is 12.4 Å². The minimum absolute atomic E-state index is 0.242. The minimum atomic E-state index is -0.383. The first-order chi connectivity index (χ1) is 6.81. The van der Waals surface area contributed by atoms with Crippen molar-refractivity contribution in [3.63, 3.8) is 0 Å². The highest BCUT2D eigenvalue weighted by atomic mass is 32.1. The maximum Gasteiger partial charge on any atom is 0.205 e. The molecule has 0 saturated heterocycles. The Bertz CT molecular complexity index is 442. The molecule has 0 aliphatic heterocycles. The van der Waals surface area contributed by atoms with E-state index in [0.717, 1.165) is 0 Å². The molecule has 0 aromatic carbocycles. The second-order valence-electron chi connectivity index (χ2n) is 2.50. The molecule has 0 amide bonds. The monoisotopic (exact) mass is 210 g/mol. The van der Waals surface area contributed by atoms with Gasteiger partial charge in [-0.05, 0) is 12.1 Å². The van der Waals surface area contributed by atoms with Gasteiger partial charge in [0.2, 0.25) is 5.13 Å². The van der Waals surface area contributed by atoms with Crippen LogP contribution in [0.25, 0.3) is 10.7 Å². The first-order valence-corrected chi connectivity index (χ1v) is 4.75. The molecule has 0 bridgehead atoms. The molecule has 2 rings (SSSR count). The van der Waals surface area contributed by atoms with Crippen molar-refractivity contribution >= 4 is 16.5 Å². The number of nitrogens with one attached hydrogen (secondary N) is 1. The largest absolute Gasteiger partial charge is 0.363 e. The van der Waals surface area contributed by atoms with Crippen LogP contribution in [-0.4, -0.2) is 22.2 Å². The van der Waals surface area contributed by atoms with Crippen LogP contribution in [0.4, 0.5) is 9.52 Å². The lowest BCUT2D eigenvalue weighted by Crippen LogP contribution is -1.87. The third-order valence-corrected chi connectivity index (χ3v) is 2.55. The van der Waals surface area contributed by atoms with Gasteiger partial charge in [0, 0.05) is 13.2 Å². The summed E-state index contributed by atoms with van der Waals surface area (Å²) in [4.78, 5) is 3.90. The number of pyridine rings is 1. The van der Waals surface area contributed by atoms with Crippen LogP contribution in [0.3, 0.4) is 0 Å². The number of nitrogens with zero attached hydrogens (tertiary/aromatic N) is 3. The molecule has 2 aromatic heterocycles. The molecule has 6 heteroatoms. The summed E-state index contributed by atoms with van der Waals surface area (Å²) in [7, 11) is 1.74. The Balaban J connectivity index is 2.44. The minimum Gasteiger partial charge on any atom is -0.363 e. The summed E-state index contributed by atoms with van der Waals surface area (Å²) in [5, 5.41) is 11.6. The maximum absolute atomic E-state index is 13.2. The van der Waals surface area contributed by atoms with E-state index in [0.29, 0.717) is 10.1 Å². The Kier molecular flexibility index (Phi) is 2.36. The summed E-state index contributed by atoms with van der Waals surface area (Å²) < 4.78 is 13.2. The molecule has 0 aliphatic rings.